The van der Waals surface area contributed by atoms with E-state index in [0.29, 0.717) is 5.88 Å². The number of rotatable bonds is 6. The number of carbonyl (C=O) groups is 2. The zero-order chi connectivity index (χ0) is 18.5. The van der Waals surface area contributed by atoms with Crippen LogP contribution < -0.4 is 9.47 Å². The summed E-state index contributed by atoms with van der Waals surface area (Å²) >= 11 is 0. The summed E-state index contributed by atoms with van der Waals surface area (Å²) in [5.74, 6) is -0.865. The quantitative estimate of drug-likeness (QED) is 0.259. The van der Waals surface area contributed by atoms with Gasteiger partial charge in [-0.25, -0.2) is 4.79 Å². The first kappa shape index (κ1) is 19.5. The number of nitrogens with zero attached hydrogens (tertiary/aromatic N) is 2. The van der Waals surface area contributed by atoms with Crippen LogP contribution in [-0.2, 0) is 9.53 Å². The second-order valence-electron chi connectivity index (χ2n) is 6.25. The summed E-state index contributed by atoms with van der Waals surface area (Å²) in [6, 6.07) is 3.03. The molecule has 0 bridgehead atoms. The third-order valence-electron chi connectivity index (χ3n) is 2.73. The summed E-state index contributed by atoms with van der Waals surface area (Å²) in [5, 5.41) is 0. The number of esters is 1. The van der Waals surface area contributed by atoms with Gasteiger partial charge < -0.3 is 19.1 Å². The van der Waals surface area contributed by atoms with E-state index in [0.717, 1.165) is 0 Å². The van der Waals surface area contributed by atoms with Gasteiger partial charge in [0.1, 0.15) is 11.2 Å². The number of methoxy groups -OCH3 is 2. The Morgan fingerprint density at radius 3 is 2.21 bits per heavy atom. The molecule has 24 heavy (non-hydrogen) atoms. The average molecular weight is 336 g/mol. The molecule has 0 aliphatic heterocycles. The number of ketones is 1. The van der Waals surface area contributed by atoms with E-state index in [2.05, 4.69) is 4.98 Å². The lowest BCUT2D eigenvalue weighted by atomic mass is 10.0. The maximum absolute atomic E-state index is 12.8. The molecule has 1 heterocycles. The standard InChI is InChI=1S/C17H24N2O5/c1-17(2,3)24-16(21)12(10-19(4)5)14(20)11-8-9-13(22-6)18-15(11)23-7/h8-10H,1-7H3/b12-10+. The first-order chi connectivity index (χ1) is 11.1. The molecule has 0 saturated carbocycles. The molecule has 7 nitrogen and oxygen atoms in total. The van der Waals surface area contributed by atoms with Gasteiger partial charge in [-0.15, -0.1) is 0 Å². The maximum Gasteiger partial charge on any atom is 0.344 e. The van der Waals surface area contributed by atoms with Crippen LogP contribution in [0, 0.1) is 0 Å². The summed E-state index contributed by atoms with van der Waals surface area (Å²) in [6.45, 7) is 5.20. The van der Waals surface area contributed by atoms with Gasteiger partial charge in [-0.3, -0.25) is 4.79 Å². The van der Waals surface area contributed by atoms with Gasteiger partial charge in [0, 0.05) is 26.4 Å². The van der Waals surface area contributed by atoms with E-state index in [1.807, 2.05) is 0 Å². The van der Waals surface area contributed by atoms with Crippen LogP contribution in [0.3, 0.4) is 0 Å². The van der Waals surface area contributed by atoms with Crippen LogP contribution in [0.25, 0.3) is 0 Å². The third-order valence-corrected chi connectivity index (χ3v) is 2.73. The zero-order valence-corrected chi connectivity index (χ0v) is 15.2. The van der Waals surface area contributed by atoms with Crippen molar-refractivity contribution in [3.8, 4) is 11.8 Å². The van der Waals surface area contributed by atoms with Crippen molar-refractivity contribution in [2.45, 2.75) is 26.4 Å². The highest BCUT2D eigenvalue weighted by Gasteiger charge is 2.28. The molecule has 0 atom stereocenters. The van der Waals surface area contributed by atoms with E-state index in [4.69, 9.17) is 14.2 Å². The van der Waals surface area contributed by atoms with Gasteiger partial charge >= 0.3 is 5.97 Å². The molecule has 0 fully saturated rings. The Morgan fingerprint density at radius 1 is 1.12 bits per heavy atom. The van der Waals surface area contributed by atoms with E-state index in [1.165, 1.54) is 32.6 Å². The molecule has 0 aliphatic rings. The van der Waals surface area contributed by atoms with E-state index >= 15 is 0 Å². The molecule has 0 spiro atoms. The Morgan fingerprint density at radius 2 is 1.75 bits per heavy atom. The number of pyridine rings is 1. The predicted octanol–water partition coefficient (Wildman–Crippen LogP) is 2.07. The fourth-order valence-corrected chi connectivity index (χ4v) is 1.81. The average Bonchev–Trinajstić information content (AvgIpc) is 2.49. The Kier molecular flexibility index (Phi) is 6.34. The molecule has 0 amide bonds. The molecule has 0 radical (unpaired) electrons. The predicted molar refractivity (Wildman–Crippen MR) is 89.3 cm³/mol. The molecule has 0 aliphatic carbocycles. The molecule has 1 rings (SSSR count). The molecular formula is C17H24N2O5. The van der Waals surface area contributed by atoms with Crippen LogP contribution in [0.4, 0.5) is 0 Å². The second-order valence-corrected chi connectivity index (χ2v) is 6.25. The minimum absolute atomic E-state index is 0.0764. The van der Waals surface area contributed by atoms with E-state index in [1.54, 1.807) is 39.8 Å². The zero-order valence-electron chi connectivity index (χ0n) is 15.2. The minimum atomic E-state index is -0.717. The van der Waals surface area contributed by atoms with Crippen LogP contribution in [0.2, 0.25) is 0 Å². The summed E-state index contributed by atoms with van der Waals surface area (Å²) in [4.78, 5) is 30.9. The van der Waals surface area contributed by atoms with Crippen molar-refractivity contribution in [3.05, 3.63) is 29.5 Å². The Hall–Kier alpha value is -2.57. The van der Waals surface area contributed by atoms with Gasteiger partial charge in [-0.1, -0.05) is 0 Å². The van der Waals surface area contributed by atoms with Crippen molar-refractivity contribution >= 4 is 11.8 Å². The SMILES string of the molecule is COc1ccc(C(=O)/C(=C\N(C)C)C(=O)OC(C)(C)C)c(OC)n1. The normalized spacial score (nSPS) is 11.7. The topological polar surface area (TPSA) is 78.0 Å². The van der Waals surface area contributed by atoms with Crippen LogP contribution in [0.1, 0.15) is 31.1 Å². The number of aromatic nitrogens is 1. The van der Waals surface area contributed by atoms with Crippen LogP contribution >= 0.6 is 0 Å². The molecular weight excluding hydrogens is 312 g/mol. The Balaban J connectivity index is 3.30. The summed E-state index contributed by atoms with van der Waals surface area (Å²) < 4.78 is 15.5. The Labute approximate surface area is 142 Å². The first-order valence-corrected chi connectivity index (χ1v) is 7.34. The molecule has 1 aromatic rings. The lowest BCUT2D eigenvalue weighted by Crippen LogP contribution is -2.28. The molecule has 0 N–H and O–H groups in total. The van der Waals surface area contributed by atoms with E-state index < -0.39 is 17.4 Å². The van der Waals surface area contributed by atoms with Crippen molar-refractivity contribution in [1.29, 1.82) is 0 Å². The van der Waals surface area contributed by atoms with Gasteiger partial charge in [-0.2, -0.15) is 4.98 Å². The van der Waals surface area contributed by atoms with Crippen molar-refractivity contribution in [2.24, 2.45) is 0 Å². The van der Waals surface area contributed by atoms with Gasteiger partial charge in [-0.05, 0) is 26.8 Å². The largest absolute Gasteiger partial charge is 0.481 e. The molecule has 0 unspecified atom stereocenters. The van der Waals surface area contributed by atoms with Crippen molar-refractivity contribution < 1.29 is 23.8 Å². The Bertz CT molecular complexity index is 645. The number of hydrogen-bond acceptors (Lipinski definition) is 7. The molecule has 1 aromatic heterocycles. The molecule has 0 saturated heterocycles. The van der Waals surface area contributed by atoms with Crippen LogP contribution in [0.5, 0.6) is 11.8 Å². The highest BCUT2D eigenvalue weighted by Crippen LogP contribution is 2.24. The van der Waals surface area contributed by atoms with Gasteiger partial charge in [0.25, 0.3) is 0 Å². The van der Waals surface area contributed by atoms with Gasteiger partial charge in [0.2, 0.25) is 17.5 Å². The van der Waals surface area contributed by atoms with E-state index in [-0.39, 0.29) is 17.0 Å². The molecule has 7 heteroatoms. The fourth-order valence-electron chi connectivity index (χ4n) is 1.81. The first-order valence-electron chi connectivity index (χ1n) is 7.34. The summed E-state index contributed by atoms with van der Waals surface area (Å²) in [7, 11) is 6.27. The van der Waals surface area contributed by atoms with Crippen molar-refractivity contribution in [3.63, 3.8) is 0 Å². The monoisotopic (exact) mass is 336 g/mol. The fraction of sp³-hybridized carbons (Fsp3) is 0.471. The lowest BCUT2D eigenvalue weighted by molar-refractivity contribution is -0.149. The van der Waals surface area contributed by atoms with Crippen LogP contribution in [0.15, 0.2) is 23.9 Å². The van der Waals surface area contributed by atoms with Gasteiger partial charge in [0.05, 0.1) is 19.8 Å². The number of carbonyl (C=O) groups excluding carboxylic acids is 2. The molecule has 0 aromatic carbocycles. The molecule has 132 valence electrons. The number of hydrogen-bond donors (Lipinski definition) is 0. The second kappa shape index (κ2) is 7.81. The highest BCUT2D eigenvalue weighted by atomic mass is 16.6. The maximum atomic E-state index is 12.8. The van der Waals surface area contributed by atoms with Gasteiger partial charge in [0.15, 0.2) is 0 Å². The third kappa shape index (κ3) is 5.26. The number of ether oxygens (including phenoxy) is 3. The van der Waals surface area contributed by atoms with Crippen molar-refractivity contribution in [1.82, 2.24) is 9.88 Å². The lowest BCUT2D eigenvalue weighted by Gasteiger charge is -2.21. The van der Waals surface area contributed by atoms with Crippen LogP contribution in [-0.4, -0.2) is 55.6 Å². The van der Waals surface area contributed by atoms with Crippen molar-refractivity contribution in [2.75, 3.05) is 28.3 Å². The summed E-state index contributed by atoms with van der Waals surface area (Å²) in [5.41, 5.74) is -0.678. The number of Topliss-reactive ketones (excluding diaryl/α,β-unsaturated/α-hetero) is 1. The smallest absolute Gasteiger partial charge is 0.344 e. The minimum Gasteiger partial charge on any atom is -0.481 e. The summed E-state index contributed by atoms with van der Waals surface area (Å²) in [6.07, 6.45) is 1.42. The van der Waals surface area contributed by atoms with E-state index in [9.17, 15) is 9.59 Å². The highest BCUT2D eigenvalue weighted by molar-refractivity contribution is 6.24.